The zero-order chi connectivity index (χ0) is 17.2. The first-order chi connectivity index (χ1) is 10.6. The predicted molar refractivity (Wildman–Crippen MR) is 91.1 cm³/mol. The van der Waals surface area contributed by atoms with E-state index in [-0.39, 0.29) is 32.6 Å². The number of nitrogens with two attached hydrogens (primary N) is 1. The monoisotopic (exact) mass is 353 g/mol. The van der Waals surface area contributed by atoms with E-state index in [2.05, 4.69) is 0 Å². The van der Waals surface area contributed by atoms with Gasteiger partial charge in [0.1, 0.15) is 5.76 Å². The molecule has 0 radical (unpaired) electrons. The second kappa shape index (κ2) is 4.99. The van der Waals surface area contributed by atoms with Crippen LogP contribution >= 0.6 is 7.14 Å². The van der Waals surface area contributed by atoms with Crippen LogP contribution in [0.2, 0.25) is 0 Å². The summed E-state index contributed by atoms with van der Waals surface area (Å²) in [4.78, 5) is 0.0635. The Morgan fingerprint density at radius 1 is 1.13 bits per heavy atom. The van der Waals surface area contributed by atoms with Crippen LogP contribution in [0, 0.1) is 0 Å². The lowest BCUT2D eigenvalue weighted by atomic mass is 10.1. The summed E-state index contributed by atoms with van der Waals surface area (Å²) in [5.41, 5.74) is 6.12. The van der Waals surface area contributed by atoms with Crippen molar-refractivity contribution < 1.29 is 17.4 Å². The van der Waals surface area contributed by atoms with Crippen molar-refractivity contribution in [2.45, 2.75) is 49.3 Å². The zero-order valence-corrected chi connectivity index (χ0v) is 15.2. The number of hydrogen-bond acceptors (Lipinski definition) is 5. The van der Waals surface area contributed by atoms with Crippen LogP contribution in [-0.2, 0) is 14.4 Å². The summed E-state index contributed by atoms with van der Waals surface area (Å²) in [7, 11) is -7.06. The molecule has 0 saturated carbocycles. The minimum atomic E-state index is -3.86. The van der Waals surface area contributed by atoms with E-state index in [1.165, 1.54) is 6.07 Å². The molecule has 1 atom stereocenters. The van der Waals surface area contributed by atoms with Crippen molar-refractivity contribution in [1.29, 1.82) is 0 Å². The molecule has 0 fully saturated rings. The molecule has 1 aromatic carbocycles. The molecule has 3 rings (SSSR count). The van der Waals surface area contributed by atoms with E-state index in [4.69, 9.17) is 10.2 Å². The van der Waals surface area contributed by atoms with Gasteiger partial charge in [-0.2, -0.15) is 0 Å². The van der Waals surface area contributed by atoms with Gasteiger partial charge in [0.15, 0.2) is 7.14 Å². The first-order valence-corrected chi connectivity index (χ1v) is 10.8. The maximum absolute atomic E-state index is 13.9. The minimum absolute atomic E-state index is 0.0635. The van der Waals surface area contributed by atoms with Gasteiger partial charge >= 0.3 is 0 Å². The largest absolute Gasteiger partial charge is 0.446 e. The fourth-order valence-corrected chi connectivity index (χ4v) is 8.78. The molecule has 23 heavy (non-hydrogen) atoms. The quantitative estimate of drug-likeness (QED) is 0.839. The van der Waals surface area contributed by atoms with Gasteiger partial charge in [0.05, 0.1) is 15.9 Å². The van der Waals surface area contributed by atoms with Gasteiger partial charge in [-0.15, -0.1) is 0 Å². The Balaban J connectivity index is 2.53. The van der Waals surface area contributed by atoms with Gasteiger partial charge in [0.25, 0.3) is 0 Å². The van der Waals surface area contributed by atoms with E-state index in [0.29, 0.717) is 11.1 Å². The lowest BCUT2D eigenvalue weighted by Crippen LogP contribution is -2.34. The van der Waals surface area contributed by atoms with E-state index in [1.807, 2.05) is 27.7 Å². The van der Waals surface area contributed by atoms with Crippen LogP contribution in [0.25, 0.3) is 0 Å². The van der Waals surface area contributed by atoms with E-state index >= 15 is 0 Å². The van der Waals surface area contributed by atoms with Crippen molar-refractivity contribution in [2.75, 3.05) is 5.73 Å². The zero-order valence-electron chi connectivity index (χ0n) is 13.5. The summed E-state index contributed by atoms with van der Waals surface area (Å²) in [5.74, 6) is 0.284. The average molecular weight is 353 g/mol. The minimum Gasteiger partial charge on any atom is -0.446 e. The fourth-order valence-electron chi connectivity index (χ4n) is 3.07. The van der Waals surface area contributed by atoms with Gasteiger partial charge in [-0.05, 0) is 12.1 Å². The highest BCUT2D eigenvalue weighted by Crippen LogP contribution is 2.57. The molecule has 0 spiro atoms. The summed E-state index contributed by atoms with van der Waals surface area (Å²) in [5, 5.41) is 0.287. The Morgan fingerprint density at radius 2 is 1.74 bits per heavy atom. The normalized spacial score (nSPS) is 22.2. The van der Waals surface area contributed by atoms with Crippen molar-refractivity contribution in [1.82, 2.24) is 0 Å². The molecular weight excluding hydrogens is 333 g/mol. The van der Waals surface area contributed by atoms with E-state index < -0.39 is 17.0 Å². The highest BCUT2D eigenvalue weighted by molar-refractivity contribution is 7.95. The smallest absolute Gasteiger partial charge is 0.241 e. The Kier molecular flexibility index (Phi) is 3.54. The second-order valence-electron chi connectivity index (χ2n) is 6.39. The third-order valence-electron chi connectivity index (χ3n) is 4.26. The van der Waals surface area contributed by atoms with Crippen LogP contribution in [0.4, 0.5) is 5.69 Å². The van der Waals surface area contributed by atoms with Crippen molar-refractivity contribution in [3.8, 4) is 0 Å². The molecule has 2 N–H and O–H groups in total. The molecule has 2 heterocycles. The van der Waals surface area contributed by atoms with Crippen molar-refractivity contribution in [3.05, 3.63) is 30.0 Å². The molecule has 0 bridgehead atoms. The Morgan fingerprint density at radius 3 is 2.30 bits per heavy atom. The van der Waals surface area contributed by atoms with Crippen molar-refractivity contribution in [3.63, 3.8) is 0 Å². The first-order valence-electron chi connectivity index (χ1n) is 7.50. The number of nitrogen functional groups attached to an aromatic ring is 1. The first kappa shape index (κ1) is 16.3. The van der Waals surface area contributed by atoms with Gasteiger partial charge in [-0.1, -0.05) is 39.8 Å². The summed E-state index contributed by atoms with van der Waals surface area (Å²) >= 11 is 0. The lowest BCUT2D eigenvalue weighted by molar-refractivity contribution is 0.404. The van der Waals surface area contributed by atoms with Crippen LogP contribution in [0.15, 0.2) is 38.7 Å². The maximum atomic E-state index is 13.9. The molecule has 1 aromatic heterocycles. The molecule has 124 valence electrons. The molecular formula is C16H20NO4PS. The van der Waals surface area contributed by atoms with Crippen LogP contribution in [0.3, 0.4) is 0 Å². The number of hydrogen-bond donors (Lipinski definition) is 1. The topological polar surface area (TPSA) is 90.4 Å². The third kappa shape index (κ3) is 1.98. The second-order valence-corrected chi connectivity index (χ2v) is 11.5. The molecule has 1 aliphatic rings. The van der Waals surface area contributed by atoms with Gasteiger partial charge < -0.3 is 14.7 Å². The molecule has 0 amide bonds. The van der Waals surface area contributed by atoms with Crippen LogP contribution in [0.5, 0.6) is 0 Å². The highest BCUT2D eigenvalue weighted by atomic mass is 32.2. The van der Waals surface area contributed by atoms with Crippen molar-refractivity contribution >= 4 is 33.3 Å². The van der Waals surface area contributed by atoms with Gasteiger partial charge in [0.2, 0.25) is 14.9 Å². The number of benzene rings is 1. The lowest BCUT2D eigenvalue weighted by Gasteiger charge is -2.28. The molecule has 1 unspecified atom stereocenters. The highest BCUT2D eigenvalue weighted by Gasteiger charge is 2.49. The summed E-state index contributed by atoms with van der Waals surface area (Å²) in [6, 6.07) is 6.43. The standard InChI is InChI=1S/C16H20NO4PS/c1-9(2)14-13(17)15-16(21-14)23(19,20)12-8-6-5-7-11(12)22(15,18)10(3)4/h5-10H,17H2,1-4H3. The number of sulfone groups is 1. The number of fused-ring (bicyclic) bond motifs is 2. The molecule has 7 heteroatoms. The summed E-state index contributed by atoms with van der Waals surface area (Å²) in [6.45, 7) is 7.36. The van der Waals surface area contributed by atoms with Crippen molar-refractivity contribution in [2.24, 2.45) is 0 Å². The molecule has 5 nitrogen and oxygen atoms in total. The Bertz CT molecular complexity index is 941. The van der Waals surface area contributed by atoms with Crippen LogP contribution in [0.1, 0.15) is 39.4 Å². The van der Waals surface area contributed by atoms with E-state index in [1.54, 1.807) is 18.2 Å². The van der Waals surface area contributed by atoms with Gasteiger partial charge in [0, 0.05) is 16.9 Å². The number of rotatable bonds is 2. The van der Waals surface area contributed by atoms with E-state index in [0.717, 1.165) is 0 Å². The Hall–Kier alpha value is -1.52. The molecule has 0 aliphatic carbocycles. The SMILES string of the molecule is CC(C)c1oc2c(c1N)P(=O)(C(C)C)c1ccccc1S2(=O)=O. The Labute approximate surface area is 136 Å². The maximum Gasteiger partial charge on any atom is 0.241 e. The molecule has 2 aromatic rings. The van der Waals surface area contributed by atoms with Gasteiger partial charge in [-0.3, -0.25) is 0 Å². The van der Waals surface area contributed by atoms with E-state index in [9.17, 15) is 13.0 Å². The molecule has 0 saturated heterocycles. The summed E-state index contributed by atoms with van der Waals surface area (Å²) < 4.78 is 45.4. The number of furan rings is 1. The molecule has 1 aliphatic heterocycles. The summed E-state index contributed by atoms with van der Waals surface area (Å²) in [6.07, 6.45) is 0. The third-order valence-corrected chi connectivity index (χ3v) is 9.94. The average Bonchev–Trinajstić information content (AvgIpc) is 2.84. The van der Waals surface area contributed by atoms with Crippen LogP contribution < -0.4 is 16.3 Å². The predicted octanol–water partition coefficient (Wildman–Crippen LogP) is 2.85. The number of anilines is 1. The van der Waals surface area contributed by atoms with Gasteiger partial charge in [-0.25, -0.2) is 8.42 Å². The van der Waals surface area contributed by atoms with Crippen LogP contribution in [-0.4, -0.2) is 14.1 Å². The fraction of sp³-hybridized carbons (Fsp3) is 0.375.